The van der Waals surface area contributed by atoms with E-state index in [1.165, 1.54) is 5.69 Å². The number of nitrogens with zero attached hydrogens (tertiary/aromatic N) is 6. The Bertz CT molecular complexity index is 1130. The number of likely N-dealkylation sites (N-methyl/N-ethyl adjacent to an activating group) is 1. The molecule has 0 amide bonds. The first-order valence-corrected chi connectivity index (χ1v) is 9.46. The number of hydrogen-bond donors (Lipinski definition) is 0. The minimum atomic E-state index is 0.341. The fraction of sp³-hybridized carbons (Fsp3) is 0.286. The monoisotopic (exact) mass is 374 g/mol. The summed E-state index contributed by atoms with van der Waals surface area (Å²) >= 11 is 0. The van der Waals surface area contributed by atoms with Gasteiger partial charge in [0.2, 0.25) is 0 Å². The summed E-state index contributed by atoms with van der Waals surface area (Å²) in [6.07, 6.45) is 3.64. The number of benzene rings is 2. The molecule has 0 aliphatic carbocycles. The van der Waals surface area contributed by atoms with Crippen LogP contribution >= 0.6 is 0 Å². The Balaban J connectivity index is 1.40. The molecule has 1 aliphatic rings. The number of aryl methyl sites for hydroxylation is 1. The summed E-state index contributed by atoms with van der Waals surface area (Å²) in [5.41, 5.74) is 3.04. The van der Waals surface area contributed by atoms with Gasteiger partial charge in [0.15, 0.2) is 0 Å². The lowest BCUT2D eigenvalue weighted by Crippen LogP contribution is -2.44. The van der Waals surface area contributed by atoms with E-state index in [-0.39, 0.29) is 0 Å². The summed E-state index contributed by atoms with van der Waals surface area (Å²) in [6, 6.07) is 12.5. The number of rotatable bonds is 3. The Morgan fingerprint density at radius 3 is 2.39 bits per heavy atom. The Kier molecular flexibility index (Phi) is 4.09. The zero-order valence-electron chi connectivity index (χ0n) is 16.0. The summed E-state index contributed by atoms with van der Waals surface area (Å²) in [5, 5.41) is 6.34. The van der Waals surface area contributed by atoms with Crippen LogP contribution in [0.3, 0.4) is 0 Å². The molecule has 0 N–H and O–H groups in total. The molecule has 2 aromatic heterocycles. The molecule has 7 nitrogen and oxygen atoms in total. The van der Waals surface area contributed by atoms with Crippen LogP contribution in [0.1, 0.15) is 0 Å². The first kappa shape index (κ1) is 16.9. The second-order valence-corrected chi connectivity index (χ2v) is 7.25. The van der Waals surface area contributed by atoms with Crippen molar-refractivity contribution < 1.29 is 4.74 Å². The SMILES string of the molecule is CN1CCN(c2ccc(Oc3ncc4ccc5cnn(C)c5c4n3)cc2)CC1. The van der Waals surface area contributed by atoms with Gasteiger partial charge in [-0.3, -0.25) is 4.68 Å². The normalized spacial score (nSPS) is 15.4. The molecule has 0 atom stereocenters. The summed E-state index contributed by atoms with van der Waals surface area (Å²) < 4.78 is 7.77. The van der Waals surface area contributed by atoms with Crippen LogP contribution in [-0.4, -0.2) is 57.9 Å². The summed E-state index contributed by atoms with van der Waals surface area (Å²) in [6.45, 7) is 4.27. The maximum Gasteiger partial charge on any atom is 0.322 e. The smallest absolute Gasteiger partial charge is 0.322 e. The van der Waals surface area contributed by atoms with Crippen molar-refractivity contribution in [2.75, 3.05) is 38.1 Å². The topological polar surface area (TPSA) is 59.3 Å². The van der Waals surface area contributed by atoms with Crippen molar-refractivity contribution in [3.63, 3.8) is 0 Å². The molecule has 0 bridgehead atoms. The van der Waals surface area contributed by atoms with E-state index < -0.39 is 0 Å². The highest BCUT2D eigenvalue weighted by Crippen LogP contribution is 2.27. The first-order chi connectivity index (χ1) is 13.7. The molecule has 142 valence electrons. The van der Waals surface area contributed by atoms with Crippen LogP contribution in [0.25, 0.3) is 21.8 Å². The fourth-order valence-corrected chi connectivity index (χ4v) is 3.68. The average Bonchev–Trinajstić information content (AvgIpc) is 3.11. The molecule has 4 aromatic rings. The molecule has 0 saturated carbocycles. The zero-order chi connectivity index (χ0) is 19.1. The molecule has 1 saturated heterocycles. The van der Waals surface area contributed by atoms with Gasteiger partial charge in [0.25, 0.3) is 0 Å². The molecule has 7 heteroatoms. The maximum absolute atomic E-state index is 5.93. The van der Waals surface area contributed by atoms with Gasteiger partial charge in [-0.15, -0.1) is 0 Å². The lowest BCUT2D eigenvalue weighted by Gasteiger charge is -2.34. The van der Waals surface area contributed by atoms with Crippen LogP contribution in [0.2, 0.25) is 0 Å². The van der Waals surface area contributed by atoms with Crippen molar-refractivity contribution in [1.82, 2.24) is 24.6 Å². The second kappa shape index (κ2) is 6.76. The number of aromatic nitrogens is 4. The molecule has 1 fully saturated rings. The number of fused-ring (bicyclic) bond motifs is 3. The molecule has 0 radical (unpaired) electrons. The molecule has 28 heavy (non-hydrogen) atoms. The number of anilines is 1. The summed E-state index contributed by atoms with van der Waals surface area (Å²) in [7, 11) is 4.08. The van der Waals surface area contributed by atoms with Crippen LogP contribution < -0.4 is 9.64 Å². The second-order valence-electron chi connectivity index (χ2n) is 7.25. The predicted octanol–water partition coefficient (Wildman–Crippen LogP) is 3.06. The van der Waals surface area contributed by atoms with Gasteiger partial charge in [-0.25, -0.2) is 4.98 Å². The van der Waals surface area contributed by atoms with Crippen LogP contribution in [0.15, 0.2) is 48.8 Å². The molecular formula is C21H22N6O. The zero-order valence-corrected chi connectivity index (χ0v) is 16.0. The minimum Gasteiger partial charge on any atom is -0.424 e. The van der Waals surface area contributed by atoms with Gasteiger partial charge in [-0.2, -0.15) is 10.1 Å². The van der Waals surface area contributed by atoms with Crippen molar-refractivity contribution in [2.45, 2.75) is 0 Å². The molecule has 3 heterocycles. The van der Waals surface area contributed by atoms with Gasteiger partial charge in [-0.05, 0) is 31.3 Å². The molecule has 0 spiro atoms. The van der Waals surface area contributed by atoms with Crippen molar-refractivity contribution in [3.8, 4) is 11.8 Å². The summed E-state index contributed by atoms with van der Waals surface area (Å²) in [4.78, 5) is 13.8. The van der Waals surface area contributed by atoms with Gasteiger partial charge in [0.1, 0.15) is 11.3 Å². The lowest BCUT2D eigenvalue weighted by molar-refractivity contribution is 0.313. The van der Waals surface area contributed by atoms with E-state index in [9.17, 15) is 0 Å². The van der Waals surface area contributed by atoms with Gasteiger partial charge in [0, 0.05) is 55.9 Å². The Morgan fingerprint density at radius 1 is 0.857 bits per heavy atom. The molecule has 2 aromatic carbocycles. The van der Waals surface area contributed by atoms with E-state index in [0.717, 1.165) is 53.7 Å². The van der Waals surface area contributed by atoms with E-state index in [1.807, 2.05) is 42.2 Å². The minimum absolute atomic E-state index is 0.341. The Morgan fingerprint density at radius 2 is 1.61 bits per heavy atom. The average molecular weight is 374 g/mol. The van der Waals surface area contributed by atoms with Crippen LogP contribution in [0.5, 0.6) is 11.8 Å². The molecular weight excluding hydrogens is 352 g/mol. The summed E-state index contributed by atoms with van der Waals surface area (Å²) in [5.74, 6) is 0.731. The van der Waals surface area contributed by atoms with Crippen molar-refractivity contribution in [2.24, 2.45) is 7.05 Å². The first-order valence-electron chi connectivity index (χ1n) is 9.46. The third-order valence-electron chi connectivity index (χ3n) is 5.34. The number of piperazine rings is 1. The Labute approximate surface area is 163 Å². The van der Waals surface area contributed by atoms with Crippen LogP contribution in [0.4, 0.5) is 5.69 Å². The highest BCUT2D eigenvalue weighted by atomic mass is 16.5. The molecule has 5 rings (SSSR count). The van der Waals surface area contributed by atoms with Gasteiger partial charge >= 0.3 is 6.01 Å². The maximum atomic E-state index is 5.93. The van der Waals surface area contributed by atoms with Gasteiger partial charge in [-0.1, -0.05) is 12.1 Å². The highest BCUT2D eigenvalue weighted by molar-refractivity contribution is 6.02. The number of ether oxygens (including phenoxy) is 1. The lowest BCUT2D eigenvalue weighted by atomic mass is 10.2. The van der Waals surface area contributed by atoms with Crippen molar-refractivity contribution in [3.05, 3.63) is 48.8 Å². The van der Waals surface area contributed by atoms with E-state index in [0.29, 0.717) is 6.01 Å². The third-order valence-corrected chi connectivity index (χ3v) is 5.34. The van der Waals surface area contributed by atoms with Gasteiger partial charge < -0.3 is 14.5 Å². The highest BCUT2D eigenvalue weighted by Gasteiger charge is 2.14. The van der Waals surface area contributed by atoms with Crippen molar-refractivity contribution >= 4 is 27.5 Å². The van der Waals surface area contributed by atoms with E-state index in [2.05, 4.69) is 44.0 Å². The van der Waals surface area contributed by atoms with E-state index in [1.54, 1.807) is 6.20 Å². The number of hydrogen-bond acceptors (Lipinski definition) is 6. The van der Waals surface area contributed by atoms with Gasteiger partial charge in [0.05, 0.1) is 11.7 Å². The van der Waals surface area contributed by atoms with Crippen LogP contribution in [0, 0.1) is 0 Å². The largest absolute Gasteiger partial charge is 0.424 e. The third kappa shape index (κ3) is 3.03. The van der Waals surface area contributed by atoms with Crippen molar-refractivity contribution in [1.29, 1.82) is 0 Å². The molecule has 1 aliphatic heterocycles. The standard InChI is InChI=1S/C21H22N6O/c1-25-9-11-27(12-10-25)17-5-7-18(8-6-17)28-21-22-13-15-3-4-16-14-23-26(2)20(16)19(15)24-21/h3-8,13-14H,9-12H2,1-2H3. The quantitative estimate of drug-likeness (QED) is 0.549. The predicted molar refractivity (Wildman–Crippen MR) is 110 cm³/mol. The van der Waals surface area contributed by atoms with Crippen LogP contribution in [-0.2, 0) is 7.05 Å². The fourth-order valence-electron chi connectivity index (χ4n) is 3.68. The molecule has 0 unspecified atom stereocenters. The van der Waals surface area contributed by atoms with E-state index in [4.69, 9.17) is 4.74 Å². The van der Waals surface area contributed by atoms with E-state index >= 15 is 0 Å². The Hall–Kier alpha value is -3.19.